The number of nitrogens with zero attached hydrogens (tertiary/aromatic N) is 4. The van der Waals surface area contributed by atoms with E-state index >= 15 is 0 Å². The number of fused-ring (bicyclic) bond motifs is 1. The van der Waals surface area contributed by atoms with Crippen LogP contribution in [0.25, 0.3) is 0 Å². The van der Waals surface area contributed by atoms with E-state index < -0.39 is 0 Å². The maximum Gasteiger partial charge on any atom is 0.137 e. The highest BCUT2D eigenvalue weighted by atomic mass is 16.5. The normalized spacial score (nSPS) is 20.9. The third kappa shape index (κ3) is 2.73. The lowest BCUT2D eigenvalue weighted by atomic mass is 10.0. The highest BCUT2D eigenvalue weighted by Crippen LogP contribution is 2.38. The molecule has 0 radical (unpaired) electrons. The SMILES string of the molecule is COc1ccc([C@H]2CCCN2c2ncnc3c2CN(C)CC3)cc1. The zero-order valence-electron chi connectivity index (χ0n) is 14.4. The van der Waals surface area contributed by atoms with Crippen molar-refractivity contribution >= 4 is 5.82 Å². The van der Waals surface area contributed by atoms with Crippen LogP contribution in [0.3, 0.4) is 0 Å². The molecule has 0 spiro atoms. The highest BCUT2D eigenvalue weighted by Gasteiger charge is 2.30. The number of rotatable bonds is 3. The van der Waals surface area contributed by atoms with Gasteiger partial charge in [0, 0.05) is 31.6 Å². The van der Waals surface area contributed by atoms with Gasteiger partial charge < -0.3 is 14.5 Å². The van der Waals surface area contributed by atoms with Crippen LogP contribution < -0.4 is 9.64 Å². The van der Waals surface area contributed by atoms with Crippen molar-refractivity contribution in [2.45, 2.75) is 31.8 Å². The second-order valence-electron chi connectivity index (χ2n) is 6.73. The number of benzene rings is 1. The lowest BCUT2D eigenvalue weighted by molar-refractivity contribution is 0.309. The standard InChI is InChI=1S/C19H24N4O/c1-22-11-9-17-16(12-22)19(21-13-20-17)23-10-3-4-18(23)14-5-7-15(24-2)8-6-14/h5-8,13,18H,3-4,9-12H2,1-2H3/t18-/m1/s1. The zero-order valence-corrected chi connectivity index (χ0v) is 14.4. The van der Waals surface area contributed by atoms with Crippen molar-refractivity contribution in [2.75, 3.05) is 32.1 Å². The average Bonchev–Trinajstić information content (AvgIpc) is 3.10. The fraction of sp³-hybridized carbons (Fsp3) is 0.474. The summed E-state index contributed by atoms with van der Waals surface area (Å²) >= 11 is 0. The summed E-state index contributed by atoms with van der Waals surface area (Å²) in [6, 6.07) is 8.86. The predicted molar refractivity (Wildman–Crippen MR) is 94.4 cm³/mol. The van der Waals surface area contributed by atoms with Gasteiger partial charge in [0.25, 0.3) is 0 Å². The van der Waals surface area contributed by atoms with Crippen LogP contribution >= 0.6 is 0 Å². The minimum atomic E-state index is 0.391. The molecule has 24 heavy (non-hydrogen) atoms. The van der Waals surface area contributed by atoms with E-state index in [2.05, 4.69) is 51.1 Å². The number of hydrogen-bond acceptors (Lipinski definition) is 5. The van der Waals surface area contributed by atoms with Crippen molar-refractivity contribution < 1.29 is 4.74 Å². The maximum absolute atomic E-state index is 5.29. The Kier molecular flexibility index (Phi) is 4.10. The molecular weight excluding hydrogens is 300 g/mol. The molecule has 5 heteroatoms. The first-order chi connectivity index (χ1) is 11.8. The van der Waals surface area contributed by atoms with Crippen molar-refractivity contribution in [1.29, 1.82) is 0 Å². The molecule has 0 amide bonds. The molecule has 0 saturated carbocycles. The molecule has 2 aliphatic rings. The first kappa shape index (κ1) is 15.4. The number of aromatic nitrogens is 2. The van der Waals surface area contributed by atoms with Gasteiger partial charge in [0.1, 0.15) is 17.9 Å². The van der Waals surface area contributed by atoms with E-state index in [1.807, 2.05) is 0 Å². The molecular formula is C19H24N4O. The van der Waals surface area contributed by atoms with Crippen LogP contribution in [0.15, 0.2) is 30.6 Å². The van der Waals surface area contributed by atoms with E-state index in [1.54, 1.807) is 13.4 Å². The fourth-order valence-electron chi connectivity index (χ4n) is 3.90. The molecule has 1 atom stereocenters. The van der Waals surface area contributed by atoms with Crippen LogP contribution in [0.5, 0.6) is 5.75 Å². The van der Waals surface area contributed by atoms with Crippen LogP contribution in [0.2, 0.25) is 0 Å². The van der Waals surface area contributed by atoms with E-state index in [4.69, 9.17) is 4.74 Å². The summed E-state index contributed by atoms with van der Waals surface area (Å²) in [7, 11) is 3.88. The summed E-state index contributed by atoms with van der Waals surface area (Å²) in [4.78, 5) is 14.0. The summed E-state index contributed by atoms with van der Waals surface area (Å²) in [5, 5.41) is 0. The third-order valence-electron chi connectivity index (χ3n) is 5.20. The van der Waals surface area contributed by atoms with Gasteiger partial charge in [-0.3, -0.25) is 0 Å². The Bertz CT molecular complexity index is 716. The summed E-state index contributed by atoms with van der Waals surface area (Å²) in [6.45, 7) is 3.08. The molecule has 1 aromatic heterocycles. The number of ether oxygens (including phenoxy) is 1. The molecule has 0 N–H and O–H groups in total. The lowest BCUT2D eigenvalue weighted by Crippen LogP contribution is -2.32. The highest BCUT2D eigenvalue weighted by molar-refractivity contribution is 5.52. The van der Waals surface area contributed by atoms with Gasteiger partial charge in [-0.2, -0.15) is 0 Å². The summed E-state index contributed by atoms with van der Waals surface area (Å²) in [6.07, 6.45) is 5.12. The van der Waals surface area contributed by atoms with Crippen molar-refractivity contribution in [3.63, 3.8) is 0 Å². The number of hydrogen-bond donors (Lipinski definition) is 0. The Balaban J connectivity index is 1.68. The Hall–Kier alpha value is -2.14. The van der Waals surface area contributed by atoms with Gasteiger partial charge in [-0.05, 0) is 37.6 Å². The van der Waals surface area contributed by atoms with Crippen LogP contribution in [0.1, 0.15) is 35.7 Å². The summed E-state index contributed by atoms with van der Waals surface area (Å²) in [5.41, 5.74) is 3.87. The van der Waals surface area contributed by atoms with Gasteiger partial charge in [-0.1, -0.05) is 12.1 Å². The van der Waals surface area contributed by atoms with E-state index in [0.717, 1.165) is 37.6 Å². The van der Waals surface area contributed by atoms with Crippen molar-refractivity contribution in [3.05, 3.63) is 47.4 Å². The molecule has 0 unspecified atom stereocenters. The van der Waals surface area contributed by atoms with Crippen LogP contribution in [-0.2, 0) is 13.0 Å². The van der Waals surface area contributed by atoms with Crippen LogP contribution in [0.4, 0.5) is 5.82 Å². The van der Waals surface area contributed by atoms with E-state index in [0.29, 0.717) is 6.04 Å². The van der Waals surface area contributed by atoms with E-state index in [1.165, 1.54) is 29.7 Å². The number of likely N-dealkylation sites (N-methyl/N-ethyl adjacent to an activating group) is 1. The molecule has 2 aliphatic heterocycles. The Labute approximate surface area is 143 Å². The van der Waals surface area contributed by atoms with Crippen molar-refractivity contribution in [1.82, 2.24) is 14.9 Å². The molecule has 1 fully saturated rings. The predicted octanol–water partition coefficient (Wildman–Crippen LogP) is 2.81. The third-order valence-corrected chi connectivity index (χ3v) is 5.20. The maximum atomic E-state index is 5.29. The second kappa shape index (κ2) is 6.40. The zero-order chi connectivity index (χ0) is 16.5. The smallest absolute Gasteiger partial charge is 0.137 e. The molecule has 1 aromatic carbocycles. The monoisotopic (exact) mass is 324 g/mol. The molecule has 1 saturated heterocycles. The molecule has 2 aromatic rings. The van der Waals surface area contributed by atoms with E-state index in [9.17, 15) is 0 Å². The topological polar surface area (TPSA) is 41.5 Å². The molecule has 0 bridgehead atoms. The van der Waals surface area contributed by atoms with E-state index in [-0.39, 0.29) is 0 Å². The first-order valence-corrected chi connectivity index (χ1v) is 8.68. The Morgan fingerprint density at radius 2 is 1.96 bits per heavy atom. The van der Waals surface area contributed by atoms with Gasteiger partial charge >= 0.3 is 0 Å². The van der Waals surface area contributed by atoms with Gasteiger partial charge in [0.2, 0.25) is 0 Å². The summed E-state index contributed by atoms with van der Waals surface area (Å²) < 4.78 is 5.29. The van der Waals surface area contributed by atoms with Crippen LogP contribution in [0, 0.1) is 0 Å². The molecule has 126 valence electrons. The Morgan fingerprint density at radius 1 is 1.12 bits per heavy atom. The number of methoxy groups -OCH3 is 1. The molecule has 5 nitrogen and oxygen atoms in total. The number of anilines is 1. The minimum absolute atomic E-state index is 0.391. The quantitative estimate of drug-likeness (QED) is 0.868. The van der Waals surface area contributed by atoms with Gasteiger partial charge in [-0.25, -0.2) is 9.97 Å². The average molecular weight is 324 g/mol. The van der Waals surface area contributed by atoms with Crippen LogP contribution in [-0.4, -0.2) is 42.1 Å². The van der Waals surface area contributed by atoms with Gasteiger partial charge in [-0.15, -0.1) is 0 Å². The van der Waals surface area contributed by atoms with Crippen molar-refractivity contribution in [3.8, 4) is 5.75 Å². The summed E-state index contributed by atoms with van der Waals surface area (Å²) in [5.74, 6) is 2.04. The molecule has 0 aliphatic carbocycles. The molecule has 4 rings (SSSR count). The second-order valence-corrected chi connectivity index (χ2v) is 6.73. The van der Waals surface area contributed by atoms with Gasteiger partial charge in [0.15, 0.2) is 0 Å². The Morgan fingerprint density at radius 3 is 2.75 bits per heavy atom. The largest absolute Gasteiger partial charge is 0.497 e. The first-order valence-electron chi connectivity index (χ1n) is 8.68. The fourth-order valence-corrected chi connectivity index (χ4v) is 3.90. The lowest BCUT2D eigenvalue weighted by Gasteiger charge is -2.32. The van der Waals surface area contributed by atoms with Crippen molar-refractivity contribution in [2.24, 2.45) is 0 Å². The van der Waals surface area contributed by atoms with Gasteiger partial charge in [0.05, 0.1) is 18.8 Å². The molecule has 3 heterocycles. The minimum Gasteiger partial charge on any atom is -0.497 e.